The van der Waals surface area contributed by atoms with Gasteiger partial charge in [-0.05, 0) is 57.4 Å². The van der Waals surface area contributed by atoms with Crippen LogP contribution in [0, 0.1) is 6.92 Å². The van der Waals surface area contributed by atoms with E-state index in [-0.39, 0.29) is 0 Å². The maximum Gasteiger partial charge on any atom is 0.190 e. The fourth-order valence-electron chi connectivity index (χ4n) is 3.82. The maximum atomic E-state index is 5.02. The van der Waals surface area contributed by atoms with Crippen molar-refractivity contribution in [2.75, 3.05) is 18.0 Å². The summed E-state index contributed by atoms with van der Waals surface area (Å²) in [7, 11) is 0. The zero-order valence-electron chi connectivity index (χ0n) is 15.1. The maximum absolute atomic E-state index is 5.02. The van der Waals surface area contributed by atoms with Crippen LogP contribution in [0.5, 0.6) is 0 Å². The van der Waals surface area contributed by atoms with Crippen molar-refractivity contribution in [1.29, 1.82) is 0 Å². The summed E-state index contributed by atoms with van der Waals surface area (Å²) in [6.07, 6.45) is 8.79. The number of rotatable bonds is 4. The van der Waals surface area contributed by atoms with E-state index in [9.17, 15) is 0 Å². The minimum Gasteiger partial charge on any atom is -0.356 e. The Kier molecular flexibility index (Phi) is 5.25. The Morgan fingerprint density at radius 3 is 2.48 bits per heavy atom. The van der Waals surface area contributed by atoms with Crippen LogP contribution >= 0.6 is 11.8 Å². The number of thioether (sulfide) groups is 1. The number of anilines is 1. The molecule has 0 unspecified atom stereocenters. The lowest BCUT2D eigenvalue weighted by Crippen LogP contribution is -2.32. The number of hydrogen-bond acceptors (Lipinski definition) is 4. The predicted octanol–water partition coefficient (Wildman–Crippen LogP) is 4.95. The first-order valence-corrected chi connectivity index (χ1v) is 10.6. The third-order valence-corrected chi connectivity index (χ3v) is 6.20. The Morgan fingerprint density at radius 2 is 1.68 bits per heavy atom. The number of piperidine rings is 1. The molecule has 0 spiro atoms. The number of aromatic nitrogens is 2. The van der Waals surface area contributed by atoms with E-state index in [2.05, 4.69) is 36.1 Å². The third-order valence-electron chi connectivity index (χ3n) is 5.28. The average Bonchev–Trinajstić information content (AvgIpc) is 2.67. The summed E-state index contributed by atoms with van der Waals surface area (Å²) < 4.78 is 0. The highest BCUT2D eigenvalue weighted by atomic mass is 32.2. The summed E-state index contributed by atoms with van der Waals surface area (Å²) in [5.41, 5.74) is 5.41. The zero-order chi connectivity index (χ0) is 17.1. The van der Waals surface area contributed by atoms with Crippen molar-refractivity contribution in [1.82, 2.24) is 9.97 Å². The molecule has 132 valence electrons. The smallest absolute Gasteiger partial charge is 0.190 e. The van der Waals surface area contributed by atoms with Crippen molar-refractivity contribution in [3.8, 4) is 0 Å². The van der Waals surface area contributed by atoms with Crippen LogP contribution in [0.3, 0.4) is 0 Å². The van der Waals surface area contributed by atoms with Gasteiger partial charge >= 0.3 is 0 Å². The molecule has 4 rings (SSSR count). The SMILES string of the molecule is Cc1ccc(CSc2nc3c(c(N4CCCCC4)n2)CCCC3)cc1. The quantitative estimate of drug-likeness (QED) is 0.575. The molecule has 1 aromatic heterocycles. The van der Waals surface area contributed by atoms with Gasteiger partial charge in [-0.1, -0.05) is 41.6 Å². The van der Waals surface area contributed by atoms with Crippen molar-refractivity contribution in [3.05, 3.63) is 46.6 Å². The molecular formula is C21H27N3S. The second kappa shape index (κ2) is 7.77. The summed E-state index contributed by atoms with van der Waals surface area (Å²) in [6.45, 7) is 4.45. The monoisotopic (exact) mass is 353 g/mol. The Hall–Kier alpha value is -1.55. The van der Waals surface area contributed by atoms with Gasteiger partial charge < -0.3 is 4.90 Å². The minimum absolute atomic E-state index is 0.943. The number of aryl methyl sites for hydroxylation is 2. The summed E-state index contributed by atoms with van der Waals surface area (Å²) in [6, 6.07) is 8.80. The first-order chi connectivity index (χ1) is 12.3. The fourth-order valence-corrected chi connectivity index (χ4v) is 4.63. The first-order valence-electron chi connectivity index (χ1n) is 9.63. The van der Waals surface area contributed by atoms with Crippen molar-refractivity contribution in [2.24, 2.45) is 0 Å². The van der Waals surface area contributed by atoms with Gasteiger partial charge in [0.05, 0.1) is 5.69 Å². The van der Waals surface area contributed by atoms with Crippen molar-refractivity contribution >= 4 is 17.6 Å². The zero-order valence-corrected chi connectivity index (χ0v) is 15.9. The molecule has 25 heavy (non-hydrogen) atoms. The molecule has 0 atom stereocenters. The summed E-state index contributed by atoms with van der Waals surface area (Å²) in [5, 5.41) is 0.960. The van der Waals surface area contributed by atoms with E-state index in [0.717, 1.165) is 36.8 Å². The second-order valence-electron chi connectivity index (χ2n) is 7.28. The summed E-state index contributed by atoms with van der Waals surface area (Å²) in [5.74, 6) is 2.19. The number of hydrogen-bond donors (Lipinski definition) is 0. The van der Waals surface area contributed by atoms with Crippen LogP contribution in [-0.4, -0.2) is 23.1 Å². The fraction of sp³-hybridized carbons (Fsp3) is 0.524. The predicted molar refractivity (Wildman–Crippen MR) is 105 cm³/mol. The van der Waals surface area contributed by atoms with E-state index in [1.165, 1.54) is 60.3 Å². The Morgan fingerprint density at radius 1 is 0.920 bits per heavy atom. The molecular weight excluding hydrogens is 326 g/mol. The van der Waals surface area contributed by atoms with Gasteiger partial charge in [0.25, 0.3) is 0 Å². The Labute approximate surface area is 155 Å². The third kappa shape index (κ3) is 4.00. The molecule has 0 saturated carbocycles. The van der Waals surface area contributed by atoms with E-state index in [1.807, 2.05) is 0 Å². The van der Waals surface area contributed by atoms with E-state index in [0.29, 0.717) is 0 Å². The normalized spacial score (nSPS) is 17.4. The van der Waals surface area contributed by atoms with Crippen LogP contribution in [0.15, 0.2) is 29.4 Å². The van der Waals surface area contributed by atoms with E-state index >= 15 is 0 Å². The molecule has 2 heterocycles. The van der Waals surface area contributed by atoms with Crippen molar-refractivity contribution in [2.45, 2.75) is 62.8 Å². The van der Waals surface area contributed by atoms with Crippen LogP contribution < -0.4 is 4.90 Å². The minimum atomic E-state index is 0.943. The molecule has 2 aliphatic rings. The summed E-state index contributed by atoms with van der Waals surface area (Å²) >= 11 is 1.78. The lowest BCUT2D eigenvalue weighted by molar-refractivity contribution is 0.561. The molecule has 4 heteroatoms. The van der Waals surface area contributed by atoms with Gasteiger partial charge in [-0.2, -0.15) is 0 Å². The molecule has 2 aromatic rings. The molecule has 1 aliphatic carbocycles. The molecule has 0 amide bonds. The highest BCUT2D eigenvalue weighted by Gasteiger charge is 2.23. The number of benzene rings is 1. The van der Waals surface area contributed by atoms with E-state index < -0.39 is 0 Å². The molecule has 1 aromatic carbocycles. The van der Waals surface area contributed by atoms with Crippen LogP contribution in [0.2, 0.25) is 0 Å². The van der Waals surface area contributed by atoms with Gasteiger partial charge in [0.2, 0.25) is 0 Å². The van der Waals surface area contributed by atoms with Gasteiger partial charge in [0.15, 0.2) is 5.16 Å². The molecule has 3 nitrogen and oxygen atoms in total. The van der Waals surface area contributed by atoms with Crippen LogP contribution in [0.25, 0.3) is 0 Å². The molecule has 1 saturated heterocycles. The topological polar surface area (TPSA) is 29.0 Å². The average molecular weight is 354 g/mol. The van der Waals surface area contributed by atoms with E-state index in [4.69, 9.17) is 9.97 Å². The number of nitrogens with zero attached hydrogens (tertiary/aromatic N) is 3. The van der Waals surface area contributed by atoms with Gasteiger partial charge in [-0.25, -0.2) is 9.97 Å². The van der Waals surface area contributed by atoms with Crippen LogP contribution in [-0.2, 0) is 18.6 Å². The Balaban J connectivity index is 1.57. The van der Waals surface area contributed by atoms with Gasteiger partial charge in [0.1, 0.15) is 5.82 Å². The van der Waals surface area contributed by atoms with Crippen LogP contribution in [0.1, 0.15) is 54.5 Å². The molecule has 0 N–H and O–H groups in total. The van der Waals surface area contributed by atoms with Crippen molar-refractivity contribution in [3.63, 3.8) is 0 Å². The van der Waals surface area contributed by atoms with Crippen LogP contribution in [0.4, 0.5) is 5.82 Å². The largest absolute Gasteiger partial charge is 0.356 e. The lowest BCUT2D eigenvalue weighted by Gasteiger charge is -2.31. The number of fused-ring (bicyclic) bond motifs is 1. The first kappa shape index (κ1) is 16.9. The van der Waals surface area contributed by atoms with E-state index in [1.54, 1.807) is 11.8 Å². The van der Waals surface area contributed by atoms with Gasteiger partial charge in [-0.15, -0.1) is 0 Å². The second-order valence-corrected chi connectivity index (χ2v) is 8.23. The standard InChI is InChI=1S/C21H27N3S/c1-16-9-11-17(12-10-16)15-25-21-22-19-8-4-3-7-18(19)20(23-21)24-13-5-2-6-14-24/h9-12H,2-8,13-15H2,1H3. The van der Waals surface area contributed by atoms with Crippen molar-refractivity contribution < 1.29 is 0 Å². The summed E-state index contributed by atoms with van der Waals surface area (Å²) in [4.78, 5) is 12.5. The molecule has 0 radical (unpaired) electrons. The molecule has 1 aliphatic heterocycles. The lowest BCUT2D eigenvalue weighted by atomic mass is 9.96. The molecule has 1 fully saturated rings. The Bertz CT molecular complexity index is 721. The molecule has 0 bridgehead atoms. The van der Waals surface area contributed by atoms with Gasteiger partial charge in [0, 0.05) is 24.4 Å². The van der Waals surface area contributed by atoms with Gasteiger partial charge in [-0.3, -0.25) is 0 Å². The highest BCUT2D eigenvalue weighted by Crippen LogP contribution is 2.32. The highest BCUT2D eigenvalue weighted by molar-refractivity contribution is 7.98.